The summed E-state index contributed by atoms with van der Waals surface area (Å²) in [7, 11) is 0. The maximum absolute atomic E-state index is 11.4. The first-order chi connectivity index (χ1) is 7.54. The van der Waals surface area contributed by atoms with E-state index in [-0.39, 0.29) is 0 Å². The molecule has 5 heteroatoms. The fraction of sp³-hybridized carbons (Fsp3) is 0.0909. The number of hydrogen-bond donors (Lipinski definition) is 0. The molecule has 0 amide bonds. The monoisotopic (exact) mass is 332 g/mol. The van der Waals surface area contributed by atoms with Crippen molar-refractivity contribution in [3.63, 3.8) is 0 Å². The summed E-state index contributed by atoms with van der Waals surface area (Å²) in [4.78, 5) is 22.5. The minimum Gasteiger partial charge on any atom is -0.428 e. The average molecular weight is 332 g/mol. The van der Waals surface area contributed by atoms with Gasteiger partial charge in [-0.15, -0.1) is 0 Å². The van der Waals surface area contributed by atoms with Crippen molar-refractivity contribution in [2.75, 3.05) is 0 Å². The molecule has 0 atom stereocenters. The van der Waals surface area contributed by atoms with Crippen molar-refractivity contribution >= 4 is 34.9 Å². The van der Waals surface area contributed by atoms with Gasteiger partial charge in [-0.3, -0.25) is 0 Å². The van der Waals surface area contributed by atoms with Gasteiger partial charge in [-0.05, 0) is 31.2 Å². The van der Waals surface area contributed by atoms with E-state index in [2.05, 4.69) is 9.65 Å². The zero-order valence-corrected chi connectivity index (χ0v) is 10.7. The van der Waals surface area contributed by atoms with E-state index in [0.29, 0.717) is 16.9 Å². The van der Waals surface area contributed by atoms with Crippen molar-refractivity contribution in [1.29, 1.82) is 0 Å². The van der Waals surface area contributed by atoms with Gasteiger partial charge in [-0.1, -0.05) is 6.58 Å². The van der Waals surface area contributed by atoms with Crippen LogP contribution >= 0.6 is 23.0 Å². The van der Waals surface area contributed by atoms with Crippen LogP contribution in [0.4, 0.5) is 0 Å². The smallest absolute Gasteiger partial charge is 0.347 e. The maximum atomic E-state index is 11.4. The third-order valence-electron chi connectivity index (χ3n) is 1.69. The summed E-state index contributed by atoms with van der Waals surface area (Å²) in [5.41, 5.74) is 0.731. The van der Waals surface area contributed by atoms with Crippen LogP contribution < -0.4 is 0 Å². The minimum atomic E-state index is -0.498. The summed E-state index contributed by atoms with van der Waals surface area (Å²) in [5, 5.41) is 0. The Bertz CT molecular complexity index is 422. The first kappa shape index (κ1) is 12.7. The number of ether oxygens (including phenoxy) is 1. The Balaban J connectivity index is 2.82. The molecule has 0 aliphatic carbocycles. The van der Waals surface area contributed by atoms with Gasteiger partial charge in [-0.25, -0.2) is 9.59 Å². The van der Waals surface area contributed by atoms with Gasteiger partial charge in [0.2, 0.25) is 0 Å². The predicted octanol–water partition coefficient (Wildman–Crippen LogP) is 2.88. The summed E-state index contributed by atoms with van der Waals surface area (Å²) >= 11 is 1.50. The van der Waals surface area contributed by atoms with Crippen molar-refractivity contribution in [3.8, 4) is 0 Å². The second-order valence-electron chi connectivity index (χ2n) is 3.03. The Labute approximate surface area is 107 Å². The van der Waals surface area contributed by atoms with Crippen LogP contribution in [-0.2, 0) is 7.80 Å². The van der Waals surface area contributed by atoms with Crippen molar-refractivity contribution < 1.29 is 17.4 Å². The number of allylic oxidation sites excluding steroid dienone is 1. The summed E-state index contributed by atoms with van der Waals surface area (Å²) in [6, 6.07) is 5.98. The molecule has 0 saturated heterocycles. The van der Waals surface area contributed by atoms with Crippen molar-refractivity contribution in [2.24, 2.45) is 0 Å². The van der Waals surface area contributed by atoms with Crippen LogP contribution in [0, 0.1) is 0 Å². The van der Waals surface area contributed by atoms with Crippen LogP contribution in [0.25, 0.3) is 0 Å². The average Bonchev–Trinajstić information content (AvgIpc) is 2.27. The van der Waals surface area contributed by atoms with E-state index in [4.69, 9.17) is 4.74 Å². The van der Waals surface area contributed by atoms with E-state index < -0.39 is 11.9 Å². The fourth-order valence-corrected chi connectivity index (χ4v) is 1.26. The molecule has 0 aliphatic heterocycles. The second-order valence-corrected chi connectivity index (χ2v) is 3.47. The van der Waals surface area contributed by atoms with Gasteiger partial charge in [0, 0.05) is 0 Å². The van der Waals surface area contributed by atoms with Crippen LogP contribution in [0.2, 0.25) is 0 Å². The lowest BCUT2D eigenvalue weighted by Gasteiger charge is -2.03. The van der Waals surface area contributed by atoms with E-state index in [1.54, 1.807) is 6.92 Å². The summed E-state index contributed by atoms with van der Waals surface area (Å²) < 4.78 is 9.31. The summed E-state index contributed by atoms with van der Waals surface area (Å²) in [6.07, 6.45) is 0. The summed E-state index contributed by atoms with van der Waals surface area (Å²) in [5.74, 6) is -0.636. The third kappa shape index (κ3) is 3.34. The number of carbonyl (C=O) groups excluding carboxylic acids is 2. The van der Waals surface area contributed by atoms with Gasteiger partial charge in [0.05, 0.1) is 16.9 Å². The highest BCUT2D eigenvalue weighted by Gasteiger charge is 2.10. The molecule has 1 aromatic rings. The number of benzene rings is 1. The van der Waals surface area contributed by atoms with Gasteiger partial charge in [-0.2, -0.15) is 0 Å². The number of halogens is 1. The van der Waals surface area contributed by atoms with E-state index in [9.17, 15) is 9.59 Å². The highest BCUT2D eigenvalue weighted by molar-refractivity contribution is 14.1. The Morgan fingerprint density at radius 3 is 1.94 bits per heavy atom. The third-order valence-corrected chi connectivity index (χ3v) is 2.09. The van der Waals surface area contributed by atoms with Crippen molar-refractivity contribution in [1.82, 2.24) is 0 Å². The van der Waals surface area contributed by atoms with Crippen molar-refractivity contribution in [2.45, 2.75) is 6.92 Å². The van der Waals surface area contributed by atoms with Crippen molar-refractivity contribution in [3.05, 3.63) is 47.7 Å². The molecule has 1 aromatic carbocycles. The van der Waals surface area contributed by atoms with E-state index in [0.717, 1.165) is 0 Å². The lowest BCUT2D eigenvalue weighted by molar-refractivity contribution is 0.0626. The molecule has 1 rings (SSSR count). The van der Waals surface area contributed by atoms with Crippen LogP contribution in [0.15, 0.2) is 36.6 Å². The van der Waals surface area contributed by atoms with Gasteiger partial charge in [0.15, 0.2) is 23.0 Å². The molecule has 0 aliphatic rings. The minimum absolute atomic E-state index is 0.320. The number of esters is 1. The maximum Gasteiger partial charge on any atom is 0.347 e. The van der Waals surface area contributed by atoms with E-state index in [1.165, 1.54) is 47.3 Å². The molecule has 0 heterocycles. The quantitative estimate of drug-likeness (QED) is 0.485. The normalized spacial score (nSPS) is 9.38. The van der Waals surface area contributed by atoms with Crippen LogP contribution in [0.3, 0.4) is 0 Å². The number of carbonyl (C=O) groups is 2. The highest BCUT2D eigenvalue weighted by atomic mass is 127. The Hall–Kier alpha value is -1.37. The SMILES string of the molecule is C=C(C)OC(=O)c1ccc(C(=O)OI)cc1. The Morgan fingerprint density at radius 1 is 1.12 bits per heavy atom. The molecule has 0 fully saturated rings. The molecule has 0 spiro atoms. The first-order valence-electron chi connectivity index (χ1n) is 4.35. The molecular formula is C11H9IO4. The topological polar surface area (TPSA) is 52.6 Å². The molecule has 84 valence electrons. The van der Waals surface area contributed by atoms with Crippen LogP contribution in [-0.4, -0.2) is 11.9 Å². The molecule has 0 bridgehead atoms. The largest absolute Gasteiger partial charge is 0.428 e. The zero-order valence-electron chi connectivity index (χ0n) is 8.53. The molecule has 0 aromatic heterocycles. The molecule has 16 heavy (non-hydrogen) atoms. The molecular weight excluding hydrogens is 323 g/mol. The first-order valence-corrected chi connectivity index (χ1v) is 5.23. The van der Waals surface area contributed by atoms with E-state index >= 15 is 0 Å². The lowest BCUT2D eigenvalue weighted by atomic mass is 10.1. The molecule has 0 radical (unpaired) electrons. The molecule has 0 N–H and O–H groups in total. The predicted molar refractivity (Wildman–Crippen MR) is 66.1 cm³/mol. The molecule has 4 nitrogen and oxygen atoms in total. The highest BCUT2D eigenvalue weighted by Crippen LogP contribution is 2.09. The van der Waals surface area contributed by atoms with Crippen LogP contribution in [0.5, 0.6) is 0 Å². The number of rotatable bonds is 3. The Morgan fingerprint density at radius 2 is 1.56 bits per heavy atom. The van der Waals surface area contributed by atoms with Gasteiger partial charge in [0.1, 0.15) is 0 Å². The molecule has 0 saturated carbocycles. The van der Waals surface area contributed by atoms with Gasteiger partial charge >= 0.3 is 11.9 Å². The molecule has 0 unspecified atom stereocenters. The number of hydrogen-bond acceptors (Lipinski definition) is 4. The summed E-state index contributed by atoms with van der Waals surface area (Å²) in [6.45, 7) is 5.04. The van der Waals surface area contributed by atoms with E-state index in [1.807, 2.05) is 0 Å². The van der Waals surface area contributed by atoms with Crippen LogP contribution in [0.1, 0.15) is 27.6 Å². The second kappa shape index (κ2) is 5.64. The standard InChI is InChI=1S/C11H9IO4/c1-7(2)15-10(13)8-3-5-9(6-4-8)11(14)16-12/h3-6H,1H2,2H3. The van der Waals surface area contributed by atoms with Gasteiger partial charge in [0.25, 0.3) is 0 Å². The van der Waals surface area contributed by atoms with Gasteiger partial charge < -0.3 is 7.80 Å². The Kier molecular flexibility index (Phi) is 4.48. The fourth-order valence-electron chi connectivity index (χ4n) is 1.00. The zero-order chi connectivity index (χ0) is 12.1. The lowest BCUT2D eigenvalue weighted by Crippen LogP contribution is -2.04.